The summed E-state index contributed by atoms with van der Waals surface area (Å²) in [6, 6.07) is 34.6. The number of methoxy groups -OCH3 is 1. The van der Waals surface area contributed by atoms with E-state index in [0.717, 1.165) is 39.0 Å². The minimum absolute atomic E-state index is 0.131. The van der Waals surface area contributed by atoms with Crippen molar-refractivity contribution >= 4 is 10.9 Å². The number of ether oxygens (including phenoxy) is 1. The van der Waals surface area contributed by atoms with Crippen LogP contribution in [-0.4, -0.2) is 16.8 Å². The molecular formula is C27H21NO2. The number of fused-ring (bicyclic) bond motifs is 1. The Morgan fingerprint density at radius 2 is 1.23 bits per heavy atom. The van der Waals surface area contributed by atoms with E-state index >= 15 is 0 Å². The molecule has 5 aromatic rings. The maximum atomic E-state index is 10.6. The zero-order valence-electron chi connectivity index (χ0n) is 16.6. The minimum atomic E-state index is 0.131. The van der Waals surface area contributed by atoms with Crippen LogP contribution in [0.5, 0.6) is 11.5 Å². The van der Waals surface area contributed by atoms with Gasteiger partial charge in [-0.1, -0.05) is 78.9 Å². The Kier molecular flexibility index (Phi) is 4.49. The highest BCUT2D eigenvalue weighted by atomic mass is 16.5. The standard InChI is InChI=1S/C27H21NO2/c1-30-27-23(29)18-17-22-25(27)24(19-11-5-2-6-12-19)26(20-13-7-3-8-14-20)28(22)21-15-9-4-10-16-21/h2-18,29H,1H3. The van der Waals surface area contributed by atoms with Crippen molar-refractivity contribution in [3.63, 3.8) is 0 Å². The first-order valence-corrected chi connectivity index (χ1v) is 9.90. The second kappa shape index (κ2) is 7.45. The predicted octanol–water partition coefficient (Wildman–Crippen LogP) is 6.68. The molecule has 0 atom stereocenters. The van der Waals surface area contributed by atoms with Crippen molar-refractivity contribution in [2.45, 2.75) is 0 Å². The molecule has 1 N–H and O–H groups in total. The van der Waals surface area contributed by atoms with Gasteiger partial charge in [0.1, 0.15) is 0 Å². The fourth-order valence-electron chi connectivity index (χ4n) is 4.15. The van der Waals surface area contributed by atoms with Gasteiger partial charge in [0.15, 0.2) is 11.5 Å². The van der Waals surface area contributed by atoms with Crippen LogP contribution < -0.4 is 4.74 Å². The fourth-order valence-corrected chi connectivity index (χ4v) is 4.15. The fraction of sp³-hybridized carbons (Fsp3) is 0.0370. The van der Waals surface area contributed by atoms with Gasteiger partial charge in [0, 0.05) is 11.3 Å². The number of nitrogens with zero attached hydrogens (tertiary/aromatic N) is 1. The molecular weight excluding hydrogens is 370 g/mol. The molecule has 0 saturated carbocycles. The Morgan fingerprint density at radius 3 is 1.83 bits per heavy atom. The third-order valence-corrected chi connectivity index (χ3v) is 5.39. The normalized spacial score (nSPS) is 11.0. The van der Waals surface area contributed by atoms with E-state index in [0.29, 0.717) is 5.75 Å². The Hall–Kier alpha value is -3.98. The molecule has 0 fully saturated rings. The van der Waals surface area contributed by atoms with Gasteiger partial charge in [-0.15, -0.1) is 0 Å². The van der Waals surface area contributed by atoms with Crippen LogP contribution in [0.1, 0.15) is 0 Å². The van der Waals surface area contributed by atoms with Crippen LogP contribution in [0.3, 0.4) is 0 Å². The maximum absolute atomic E-state index is 10.6. The number of hydrogen-bond donors (Lipinski definition) is 1. The van der Waals surface area contributed by atoms with Crippen LogP contribution in [0.25, 0.3) is 39.0 Å². The summed E-state index contributed by atoms with van der Waals surface area (Å²) in [5.41, 5.74) is 6.29. The molecule has 0 spiro atoms. The van der Waals surface area contributed by atoms with Crippen LogP contribution >= 0.6 is 0 Å². The van der Waals surface area contributed by atoms with Gasteiger partial charge in [0.05, 0.1) is 23.7 Å². The van der Waals surface area contributed by atoms with Gasteiger partial charge in [0.25, 0.3) is 0 Å². The van der Waals surface area contributed by atoms with Crippen molar-refractivity contribution in [2.75, 3.05) is 7.11 Å². The highest BCUT2D eigenvalue weighted by Crippen LogP contribution is 2.48. The van der Waals surface area contributed by atoms with E-state index in [9.17, 15) is 5.11 Å². The highest BCUT2D eigenvalue weighted by molar-refractivity contribution is 6.09. The molecule has 0 saturated heterocycles. The van der Waals surface area contributed by atoms with Crippen molar-refractivity contribution in [2.24, 2.45) is 0 Å². The molecule has 0 unspecified atom stereocenters. The molecule has 3 heteroatoms. The average molecular weight is 391 g/mol. The summed E-state index contributed by atoms with van der Waals surface area (Å²) in [5, 5.41) is 11.5. The van der Waals surface area contributed by atoms with Gasteiger partial charge in [-0.05, 0) is 35.4 Å². The molecule has 0 amide bonds. The molecule has 0 bridgehead atoms. The van der Waals surface area contributed by atoms with Crippen molar-refractivity contribution in [1.29, 1.82) is 0 Å². The maximum Gasteiger partial charge on any atom is 0.170 e. The predicted molar refractivity (Wildman–Crippen MR) is 122 cm³/mol. The van der Waals surface area contributed by atoms with Crippen molar-refractivity contribution in [3.05, 3.63) is 103 Å². The Morgan fingerprint density at radius 1 is 0.667 bits per heavy atom. The van der Waals surface area contributed by atoms with Gasteiger partial charge in [-0.2, -0.15) is 0 Å². The monoisotopic (exact) mass is 391 g/mol. The van der Waals surface area contributed by atoms with E-state index < -0.39 is 0 Å². The van der Waals surface area contributed by atoms with Gasteiger partial charge in [-0.3, -0.25) is 0 Å². The Balaban J connectivity index is 2.03. The molecule has 5 rings (SSSR count). The molecule has 1 aromatic heterocycles. The lowest BCUT2D eigenvalue weighted by Gasteiger charge is -2.13. The molecule has 146 valence electrons. The van der Waals surface area contributed by atoms with Crippen LogP contribution in [0.2, 0.25) is 0 Å². The second-order valence-electron chi connectivity index (χ2n) is 7.14. The molecule has 0 aliphatic rings. The van der Waals surface area contributed by atoms with Crippen LogP contribution in [0, 0.1) is 0 Å². The number of rotatable bonds is 4. The molecule has 0 aliphatic heterocycles. The zero-order valence-corrected chi connectivity index (χ0v) is 16.6. The summed E-state index contributed by atoms with van der Waals surface area (Å²) in [6.45, 7) is 0. The molecule has 4 aromatic carbocycles. The first-order valence-electron chi connectivity index (χ1n) is 9.90. The quantitative estimate of drug-likeness (QED) is 0.371. The number of aromatic hydroxyl groups is 1. The molecule has 30 heavy (non-hydrogen) atoms. The van der Waals surface area contributed by atoms with E-state index in [1.807, 2.05) is 60.7 Å². The number of benzene rings is 4. The number of phenolic OH excluding ortho intramolecular Hbond substituents is 1. The van der Waals surface area contributed by atoms with Crippen molar-refractivity contribution < 1.29 is 9.84 Å². The summed E-state index contributed by atoms with van der Waals surface area (Å²) in [4.78, 5) is 0. The summed E-state index contributed by atoms with van der Waals surface area (Å²) in [5.74, 6) is 0.616. The Labute approximate surface area is 175 Å². The van der Waals surface area contributed by atoms with Gasteiger partial charge in [0.2, 0.25) is 0 Å². The van der Waals surface area contributed by atoms with E-state index in [4.69, 9.17) is 4.74 Å². The summed E-state index contributed by atoms with van der Waals surface area (Å²) >= 11 is 0. The summed E-state index contributed by atoms with van der Waals surface area (Å²) in [7, 11) is 1.60. The summed E-state index contributed by atoms with van der Waals surface area (Å²) in [6.07, 6.45) is 0. The van der Waals surface area contributed by atoms with E-state index in [1.54, 1.807) is 13.2 Å². The van der Waals surface area contributed by atoms with E-state index in [2.05, 4.69) is 41.0 Å². The van der Waals surface area contributed by atoms with E-state index in [1.165, 1.54) is 0 Å². The molecule has 3 nitrogen and oxygen atoms in total. The lowest BCUT2D eigenvalue weighted by Crippen LogP contribution is -1.97. The highest BCUT2D eigenvalue weighted by Gasteiger charge is 2.25. The number of phenols is 1. The van der Waals surface area contributed by atoms with Gasteiger partial charge >= 0.3 is 0 Å². The van der Waals surface area contributed by atoms with Crippen LogP contribution in [0.15, 0.2) is 103 Å². The topological polar surface area (TPSA) is 34.4 Å². The zero-order chi connectivity index (χ0) is 20.5. The third kappa shape index (κ3) is 2.83. The lowest BCUT2D eigenvalue weighted by atomic mass is 9.97. The first-order chi connectivity index (χ1) is 14.8. The second-order valence-corrected chi connectivity index (χ2v) is 7.14. The third-order valence-electron chi connectivity index (χ3n) is 5.39. The largest absolute Gasteiger partial charge is 0.504 e. The smallest absolute Gasteiger partial charge is 0.170 e. The first kappa shape index (κ1) is 18.1. The molecule has 0 aliphatic carbocycles. The SMILES string of the molecule is COc1c(O)ccc2c1c(-c1ccccc1)c(-c1ccccc1)n2-c1ccccc1. The number of hydrogen-bond acceptors (Lipinski definition) is 2. The van der Waals surface area contributed by atoms with Crippen molar-refractivity contribution in [1.82, 2.24) is 4.57 Å². The van der Waals surface area contributed by atoms with Gasteiger partial charge < -0.3 is 14.4 Å². The van der Waals surface area contributed by atoms with Crippen LogP contribution in [-0.2, 0) is 0 Å². The number of para-hydroxylation sites is 1. The average Bonchev–Trinajstić information content (AvgIpc) is 3.16. The summed E-state index contributed by atoms with van der Waals surface area (Å²) < 4.78 is 7.94. The van der Waals surface area contributed by atoms with Crippen molar-refractivity contribution in [3.8, 4) is 39.6 Å². The molecule has 0 radical (unpaired) electrons. The molecule has 1 heterocycles. The number of aromatic nitrogens is 1. The lowest BCUT2D eigenvalue weighted by molar-refractivity contribution is 0.378. The van der Waals surface area contributed by atoms with Crippen LogP contribution in [0.4, 0.5) is 0 Å². The minimum Gasteiger partial charge on any atom is -0.504 e. The van der Waals surface area contributed by atoms with Gasteiger partial charge in [-0.25, -0.2) is 0 Å². The Bertz CT molecular complexity index is 1310. The van der Waals surface area contributed by atoms with E-state index in [-0.39, 0.29) is 5.75 Å².